The number of nitrogens with zero attached hydrogens (tertiary/aromatic N) is 1. The van der Waals surface area contributed by atoms with Crippen LogP contribution >= 0.6 is 28.1 Å². The van der Waals surface area contributed by atoms with Crippen molar-refractivity contribution in [2.75, 3.05) is 18.5 Å². The quantitative estimate of drug-likeness (QED) is 0.616. The van der Waals surface area contributed by atoms with Gasteiger partial charge in [-0.2, -0.15) is 0 Å². The van der Waals surface area contributed by atoms with E-state index in [1.165, 1.54) is 6.07 Å². The van der Waals surface area contributed by atoms with Gasteiger partial charge in [0.15, 0.2) is 10.8 Å². The number of amides is 1. The molecule has 114 valence electrons. The van der Waals surface area contributed by atoms with Gasteiger partial charge in [0.1, 0.15) is 5.82 Å². The molecule has 1 amide bonds. The van der Waals surface area contributed by atoms with Crippen LogP contribution in [-0.4, -0.2) is 35.4 Å². The average molecular weight is 376 g/mol. The molecule has 0 spiro atoms. The maximum Gasteiger partial charge on any atom is 0.413 e. The zero-order valence-electron chi connectivity index (χ0n) is 11.4. The largest absolute Gasteiger partial charge is 0.461 e. The minimum Gasteiger partial charge on any atom is -0.461 e. The molecule has 0 aromatic carbocycles. The molecule has 1 heterocycles. The van der Waals surface area contributed by atoms with Crippen LogP contribution in [0.2, 0.25) is 0 Å². The van der Waals surface area contributed by atoms with Gasteiger partial charge in [-0.05, 0) is 54.1 Å². The van der Waals surface area contributed by atoms with Crippen LogP contribution in [0.4, 0.5) is 10.6 Å². The van der Waals surface area contributed by atoms with Crippen LogP contribution in [0.25, 0.3) is 0 Å². The van der Waals surface area contributed by atoms with Gasteiger partial charge in [0.25, 0.3) is 0 Å². The van der Waals surface area contributed by atoms with Gasteiger partial charge in [-0.25, -0.2) is 14.6 Å². The molecule has 0 radical (unpaired) electrons. The van der Waals surface area contributed by atoms with Crippen molar-refractivity contribution < 1.29 is 19.1 Å². The van der Waals surface area contributed by atoms with Gasteiger partial charge in [0, 0.05) is 0 Å². The van der Waals surface area contributed by atoms with Gasteiger partial charge >= 0.3 is 12.1 Å². The molecule has 0 fully saturated rings. The van der Waals surface area contributed by atoms with Crippen molar-refractivity contribution in [1.82, 2.24) is 10.3 Å². The van der Waals surface area contributed by atoms with Crippen LogP contribution < -0.4 is 10.6 Å². The Morgan fingerprint density at radius 3 is 2.57 bits per heavy atom. The van der Waals surface area contributed by atoms with E-state index in [-0.39, 0.29) is 29.8 Å². The molecule has 0 bridgehead atoms. The Labute approximate surface area is 135 Å². The summed E-state index contributed by atoms with van der Waals surface area (Å²) in [5.74, 6) is -0.264. The Morgan fingerprint density at radius 1 is 1.29 bits per heavy atom. The highest BCUT2D eigenvalue weighted by molar-refractivity contribution is 9.10. The zero-order valence-corrected chi connectivity index (χ0v) is 13.8. The first kappa shape index (κ1) is 17.3. The molecule has 1 aromatic heterocycles. The Hall–Kier alpha value is -1.74. The molecule has 0 atom stereocenters. The number of thiocarbonyl (C=S) groups is 1. The van der Waals surface area contributed by atoms with Crippen molar-refractivity contribution in [3.63, 3.8) is 0 Å². The van der Waals surface area contributed by atoms with E-state index in [4.69, 9.17) is 21.7 Å². The molecule has 0 aliphatic rings. The summed E-state index contributed by atoms with van der Waals surface area (Å²) in [7, 11) is 0. The fourth-order valence-electron chi connectivity index (χ4n) is 1.25. The van der Waals surface area contributed by atoms with Crippen LogP contribution in [0.1, 0.15) is 24.3 Å². The molecule has 9 heteroatoms. The van der Waals surface area contributed by atoms with Crippen LogP contribution in [0.5, 0.6) is 0 Å². The Bertz CT molecular complexity index is 553. The third kappa shape index (κ3) is 5.64. The third-order valence-electron chi connectivity index (χ3n) is 2.05. The number of nitrogens with one attached hydrogen (secondary N) is 2. The first-order chi connectivity index (χ1) is 9.97. The van der Waals surface area contributed by atoms with Crippen molar-refractivity contribution in [2.24, 2.45) is 0 Å². The lowest BCUT2D eigenvalue weighted by Crippen LogP contribution is -2.35. The highest BCUT2D eigenvalue weighted by Crippen LogP contribution is 2.20. The highest BCUT2D eigenvalue weighted by Gasteiger charge is 2.13. The molecule has 1 rings (SSSR count). The number of esters is 1. The topological polar surface area (TPSA) is 89.5 Å². The molecule has 0 aliphatic carbocycles. The number of alkyl carbamates (subject to hydrolysis) is 1. The summed E-state index contributed by atoms with van der Waals surface area (Å²) in [6.45, 7) is 3.86. The number of ether oxygens (including phenoxy) is 2. The molecule has 7 nitrogen and oxygen atoms in total. The number of pyridine rings is 1. The summed E-state index contributed by atoms with van der Waals surface area (Å²) in [6, 6.07) is 3.13. The molecule has 21 heavy (non-hydrogen) atoms. The molecule has 0 unspecified atom stereocenters. The molecule has 0 aliphatic heterocycles. The van der Waals surface area contributed by atoms with Crippen molar-refractivity contribution in [1.29, 1.82) is 0 Å². The van der Waals surface area contributed by atoms with Gasteiger partial charge in [0.2, 0.25) is 0 Å². The van der Waals surface area contributed by atoms with Gasteiger partial charge in [-0.3, -0.25) is 5.32 Å². The zero-order chi connectivity index (χ0) is 15.8. The summed E-state index contributed by atoms with van der Waals surface area (Å²) < 4.78 is 10.1. The minimum atomic E-state index is -0.673. The SMILES string of the molecule is CCOC(=O)NC(=S)Nc1nc(C(=O)OCC)ccc1Br. The van der Waals surface area contributed by atoms with Crippen molar-refractivity contribution in [2.45, 2.75) is 13.8 Å². The number of anilines is 1. The number of hydrogen-bond acceptors (Lipinski definition) is 6. The summed E-state index contributed by atoms with van der Waals surface area (Å²) in [5, 5.41) is 5.01. The highest BCUT2D eigenvalue weighted by atomic mass is 79.9. The van der Waals surface area contributed by atoms with Crippen molar-refractivity contribution in [3.05, 3.63) is 22.3 Å². The van der Waals surface area contributed by atoms with E-state index < -0.39 is 12.1 Å². The van der Waals surface area contributed by atoms with Gasteiger partial charge in [-0.1, -0.05) is 0 Å². The van der Waals surface area contributed by atoms with E-state index in [0.717, 1.165) is 0 Å². The number of halogens is 1. The van der Waals surface area contributed by atoms with Crippen LogP contribution in [0.15, 0.2) is 16.6 Å². The number of aromatic nitrogens is 1. The molecular weight excluding hydrogens is 362 g/mol. The Kier molecular flexibility index (Phi) is 7.03. The lowest BCUT2D eigenvalue weighted by atomic mass is 10.3. The predicted octanol–water partition coefficient (Wildman–Crippen LogP) is 2.46. The Balaban J connectivity index is 2.78. The minimum absolute atomic E-state index is 0.00246. The molecule has 1 aromatic rings. The lowest BCUT2D eigenvalue weighted by molar-refractivity contribution is 0.0519. The summed E-state index contributed by atoms with van der Waals surface area (Å²) in [6.07, 6.45) is -0.673. The molecule has 0 saturated heterocycles. The van der Waals surface area contributed by atoms with Crippen molar-refractivity contribution in [3.8, 4) is 0 Å². The first-order valence-corrected chi connectivity index (χ1v) is 7.26. The third-order valence-corrected chi connectivity index (χ3v) is 2.90. The first-order valence-electron chi connectivity index (χ1n) is 6.06. The molecule has 0 saturated carbocycles. The molecule has 2 N–H and O–H groups in total. The van der Waals surface area contributed by atoms with Crippen LogP contribution in [0.3, 0.4) is 0 Å². The van der Waals surface area contributed by atoms with E-state index in [1.54, 1.807) is 19.9 Å². The van der Waals surface area contributed by atoms with Crippen molar-refractivity contribution >= 4 is 51.1 Å². The summed E-state index contributed by atoms with van der Waals surface area (Å²) in [5.41, 5.74) is 0.126. The average Bonchev–Trinajstić information content (AvgIpc) is 2.41. The molecular formula is C12H14BrN3O4S. The normalized spacial score (nSPS) is 9.67. The fraction of sp³-hybridized carbons (Fsp3) is 0.333. The monoisotopic (exact) mass is 375 g/mol. The van der Waals surface area contributed by atoms with E-state index in [9.17, 15) is 9.59 Å². The lowest BCUT2D eigenvalue weighted by Gasteiger charge is -2.11. The van der Waals surface area contributed by atoms with Gasteiger partial charge in [0.05, 0.1) is 17.7 Å². The van der Waals surface area contributed by atoms with E-state index in [1.807, 2.05) is 0 Å². The van der Waals surface area contributed by atoms with E-state index in [0.29, 0.717) is 4.47 Å². The van der Waals surface area contributed by atoms with Gasteiger partial charge in [-0.15, -0.1) is 0 Å². The number of carbonyl (C=O) groups excluding carboxylic acids is 2. The fourth-order valence-corrected chi connectivity index (χ4v) is 1.75. The Morgan fingerprint density at radius 2 is 1.95 bits per heavy atom. The van der Waals surface area contributed by atoms with E-state index >= 15 is 0 Å². The summed E-state index contributed by atoms with van der Waals surface area (Å²) >= 11 is 8.21. The smallest absolute Gasteiger partial charge is 0.413 e. The van der Waals surface area contributed by atoms with Crippen LogP contribution in [-0.2, 0) is 9.47 Å². The van der Waals surface area contributed by atoms with Crippen LogP contribution in [0, 0.1) is 0 Å². The predicted molar refractivity (Wildman–Crippen MR) is 84.3 cm³/mol. The maximum atomic E-state index is 11.6. The summed E-state index contributed by atoms with van der Waals surface area (Å²) in [4.78, 5) is 26.9. The number of carbonyl (C=O) groups is 2. The number of rotatable bonds is 4. The second-order valence-corrected chi connectivity index (χ2v) is 4.81. The standard InChI is InChI=1S/C12H14BrN3O4S/c1-3-19-10(17)8-6-5-7(13)9(14-8)15-11(21)16-12(18)20-4-2/h5-6H,3-4H2,1-2H3,(H2,14,15,16,18,21). The number of hydrogen-bond donors (Lipinski definition) is 2. The maximum absolute atomic E-state index is 11.6. The van der Waals surface area contributed by atoms with E-state index in [2.05, 4.69) is 31.5 Å². The second-order valence-electron chi connectivity index (χ2n) is 3.55. The van der Waals surface area contributed by atoms with Gasteiger partial charge < -0.3 is 14.8 Å². The second kappa shape index (κ2) is 8.53.